The number of aliphatic hydroxyl groups is 5. The zero-order valence-corrected chi connectivity index (χ0v) is 15.1. The first kappa shape index (κ1) is 19.8. The van der Waals surface area contributed by atoms with Gasteiger partial charge in [-0.2, -0.15) is 0 Å². The minimum absolute atomic E-state index is 0.196. The predicted octanol–water partition coefficient (Wildman–Crippen LogP) is 1.31. The molecule has 3 rings (SSSR count). The lowest BCUT2D eigenvalue weighted by molar-refractivity contribution is -0.357. The summed E-state index contributed by atoms with van der Waals surface area (Å²) >= 11 is 6.29. The molecular weight excluding hydrogens is 360 g/mol. The van der Waals surface area contributed by atoms with Crippen LogP contribution in [0, 0.1) is 0 Å². The maximum atomic E-state index is 10.9. The van der Waals surface area contributed by atoms with Crippen molar-refractivity contribution in [2.24, 2.45) is 0 Å². The lowest BCUT2D eigenvalue weighted by Crippen LogP contribution is -2.63. The summed E-state index contributed by atoms with van der Waals surface area (Å²) in [7, 11) is 0. The van der Waals surface area contributed by atoms with E-state index in [1.54, 1.807) is 12.1 Å². The molecule has 7 heteroatoms. The van der Waals surface area contributed by atoms with Crippen molar-refractivity contribution in [2.45, 2.75) is 62.3 Å². The molecule has 0 bridgehead atoms. The van der Waals surface area contributed by atoms with E-state index in [9.17, 15) is 25.5 Å². The van der Waals surface area contributed by atoms with Gasteiger partial charge in [-0.15, -0.1) is 0 Å². The van der Waals surface area contributed by atoms with Gasteiger partial charge in [-0.25, -0.2) is 0 Å². The van der Waals surface area contributed by atoms with E-state index in [1.807, 2.05) is 6.08 Å². The van der Waals surface area contributed by atoms with Crippen LogP contribution in [0.15, 0.2) is 23.8 Å². The topological polar surface area (TPSA) is 110 Å². The number of ether oxygens (including phenoxy) is 1. The second kappa shape index (κ2) is 7.94. The molecular formula is C19H25ClO6. The minimum atomic E-state index is -2.27. The highest BCUT2D eigenvalue weighted by molar-refractivity contribution is 6.32. The number of benzene rings is 1. The first-order chi connectivity index (χ1) is 12.4. The average molecular weight is 385 g/mol. The van der Waals surface area contributed by atoms with Gasteiger partial charge in [0, 0.05) is 10.6 Å². The highest BCUT2D eigenvalue weighted by atomic mass is 35.5. The monoisotopic (exact) mass is 384 g/mol. The first-order valence-electron chi connectivity index (χ1n) is 8.91. The molecule has 1 heterocycles. The summed E-state index contributed by atoms with van der Waals surface area (Å²) in [6.07, 6.45) is 1.29. The third kappa shape index (κ3) is 3.68. The van der Waals surface area contributed by atoms with Gasteiger partial charge in [-0.1, -0.05) is 35.7 Å². The summed E-state index contributed by atoms with van der Waals surface area (Å²) in [5.41, 5.74) is 2.16. The highest BCUT2D eigenvalue weighted by Gasteiger charge is 2.53. The van der Waals surface area contributed by atoms with E-state index in [2.05, 4.69) is 0 Å². The molecule has 26 heavy (non-hydrogen) atoms. The third-order valence-electron chi connectivity index (χ3n) is 5.23. The van der Waals surface area contributed by atoms with Crippen molar-refractivity contribution in [2.75, 3.05) is 6.61 Å². The van der Waals surface area contributed by atoms with Crippen LogP contribution >= 0.6 is 11.6 Å². The van der Waals surface area contributed by atoms with E-state index < -0.39 is 36.8 Å². The zero-order chi connectivity index (χ0) is 18.9. The van der Waals surface area contributed by atoms with Gasteiger partial charge in [0.1, 0.15) is 24.4 Å². The maximum absolute atomic E-state index is 10.9. The molecule has 1 aromatic rings. The first-order valence-corrected chi connectivity index (χ1v) is 9.29. The predicted molar refractivity (Wildman–Crippen MR) is 96.4 cm³/mol. The number of aliphatic hydroxyl groups excluding tert-OH is 4. The molecule has 1 saturated carbocycles. The Labute approximate surface area is 157 Å². The molecule has 0 unspecified atom stereocenters. The molecule has 0 amide bonds. The normalized spacial score (nSPS) is 35.4. The summed E-state index contributed by atoms with van der Waals surface area (Å²) in [6, 6.07) is 4.69. The summed E-state index contributed by atoms with van der Waals surface area (Å²) in [5, 5.41) is 51.0. The molecule has 0 spiro atoms. The number of halogens is 1. The van der Waals surface area contributed by atoms with Crippen LogP contribution in [0.25, 0.3) is 6.08 Å². The van der Waals surface area contributed by atoms with E-state index in [0.717, 1.165) is 25.7 Å². The summed E-state index contributed by atoms with van der Waals surface area (Å²) < 4.78 is 5.37. The summed E-state index contributed by atoms with van der Waals surface area (Å²) in [5.74, 6) is -2.27. The van der Waals surface area contributed by atoms with E-state index in [4.69, 9.17) is 16.3 Å². The Hall–Kier alpha value is -0.990. The van der Waals surface area contributed by atoms with Crippen molar-refractivity contribution in [3.8, 4) is 0 Å². The third-order valence-corrected chi connectivity index (χ3v) is 5.58. The lowest BCUT2D eigenvalue weighted by Gasteiger charge is -2.45. The van der Waals surface area contributed by atoms with Gasteiger partial charge in [-0.05, 0) is 43.4 Å². The largest absolute Gasteiger partial charge is 0.394 e. The Morgan fingerprint density at radius 1 is 1.12 bits per heavy atom. The van der Waals surface area contributed by atoms with Gasteiger partial charge >= 0.3 is 0 Å². The summed E-state index contributed by atoms with van der Waals surface area (Å²) in [4.78, 5) is 0. The lowest BCUT2D eigenvalue weighted by atomic mass is 9.87. The van der Waals surface area contributed by atoms with Crippen molar-refractivity contribution in [1.82, 2.24) is 0 Å². The van der Waals surface area contributed by atoms with Crippen LogP contribution in [0.3, 0.4) is 0 Å². The van der Waals surface area contributed by atoms with Crippen molar-refractivity contribution < 1.29 is 30.3 Å². The molecule has 2 aliphatic rings. The maximum Gasteiger partial charge on any atom is 0.222 e. The van der Waals surface area contributed by atoms with E-state index >= 15 is 0 Å². The van der Waals surface area contributed by atoms with Gasteiger partial charge < -0.3 is 30.3 Å². The van der Waals surface area contributed by atoms with Crippen LogP contribution in [0.2, 0.25) is 5.02 Å². The number of hydrogen-bond acceptors (Lipinski definition) is 6. The van der Waals surface area contributed by atoms with Gasteiger partial charge in [0.25, 0.3) is 0 Å². The van der Waals surface area contributed by atoms with Crippen LogP contribution in [-0.4, -0.2) is 56.6 Å². The fourth-order valence-corrected chi connectivity index (χ4v) is 3.81. The number of hydrogen-bond donors (Lipinski definition) is 5. The smallest absolute Gasteiger partial charge is 0.222 e. The Kier molecular flexibility index (Phi) is 6.04. The fourth-order valence-electron chi connectivity index (χ4n) is 3.64. The molecule has 1 aliphatic heterocycles. The molecule has 0 radical (unpaired) electrons. The van der Waals surface area contributed by atoms with Gasteiger partial charge in [-0.3, -0.25) is 0 Å². The number of allylic oxidation sites excluding steroid dienone is 1. The second-order valence-electron chi connectivity index (χ2n) is 7.06. The zero-order valence-electron chi connectivity index (χ0n) is 14.4. The van der Waals surface area contributed by atoms with Gasteiger partial charge in [0.15, 0.2) is 0 Å². The molecule has 5 atom stereocenters. The van der Waals surface area contributed by atoms with Crippen molar-refractivity contribution >= 4 is 17.7 Å². The number of rotatable bonds is 3. The van der Waals surface area contributed by atoms with E-state index in [-0.39, 0.29) is 5.56 Å². The average Bonchev–Trinajstić information content (AvgIpc) is 2.65. The molecule has 2 fully saturated rings. The van der Waals surface area contributed by atoms with E-state index in [0.29, 0.717) is 10.6 Å². The Morgan fingerprint density at radius 2 is 1.81 bits per heavy atom. The SMILES string of the molecule is OC[C@H]1O[C@@](O)(c2ccc(Cl)c(C=C3CCCCC3)c2)[C@H](O)[C@@H](O)[C@@H]1O. The van der Waals surface area contributed by atoms with Crippen molar-refractivity contribution in [1.29, 1.82) is 0 Å². The molecule has 5 N–H and O–H groups in total. The van der Waals surface area contributed by atoms with Crippen LogP contribution in [-0.2, 0) is 10.5 Å². The van der Waals surface area contributed by atoms with Crippen LogP contribution in [0.5, 0.6) is 0 Å². The standard InChI is InChI=1S/C19H25ClO6/c20-14-7-6-13(9-12(14)8-11-4-2-1-3-5-11)19(25)18(24)17(23)16(22)15(10-21)26-19/h6-9,15-18,21-25H,1-5,10H2/t15-,16-,17+,18-,19+/m1/s1. The Balaban J connectivity index is 1.96. The van der Waals surface area contributed by atoms with Gasteiger partial charge in [0.2, 0.25) is 5.79 Å². The summed E-state index contributed by atoms with van der Waals surface area (Å²) in [6.45, 7) is -0.613. The fraction of sp³-hybridized carbons (Fsp3) is 0.579. The quantitative estimate of drug-likeness (QED) is 0.537. The Morgan fingerprint density at radius 3 is 2.46 bits per heavy atom. The molecule has 1 aliphatic carbocycles. The van der Waals surface area contributed by atoms with Crippen LogP contribution in [0.4, 0.5) is 0 Å². The highest BCUT2D eigenvalue weighted by Crippen LogP contribution is 2.38. The molecule has 0 aromatic heterocycles. The molecule has 6 nitrogen and oxygen atoms in total. The van der Waals surface area contributed by atoms with Gasteiger partial charge in [0.05, 0.1) is 6.61 Å². The van der Waals surface area contributed by atoms with Crippen molar-refractivity contribution in [3.63, 3.8) is 0 Å². The molecule has 1 aromatic carbocycles. The van der Waals surface area contributed by atoms with Crippen LogP contribution in [0.1, 0.15) is 43.2 Å². The Bertz CT molecular complexity index is 668. The molecule has 1 saturated heterocycles. The second-order valence-corrected chi connectivity index (χ2v) is 7.47. The van der Waals surface area contributed by atoms with E-state index in [1.165, 1.54) is 18.1 Å². The van der Waals surface area contributed by atoms with Crippen LogP contribution < -0.4 is 0 Å². The molecule has 144 valence electrons. The minimum Gasteiger partial charge on any atom is -0.394 e. The van der Waals surface area contributed by atoms with Crippen molar-refractivity contribution in [3.05, 3.63) is 39.9 Å².